The van der Waals surface area contributed by atoms with Gasteiger partial charge in [-0.15, -0.1) is 0 Å². The predicted molar refractivity (Wildman–Crippen MR) is 105 cm³/mol. The Kier molecular flexibility index (Phi) is 5.99. The van der Waals surface area contributed by atoms with Gasteiger partial charge in [0.05, 0.1) is 22.5 Å². The molecule has 0 radical (unpaired) electrons. The van der Waals surface area contributed by atoms with Crippen LogP contribution in [0.2, 0.25) is 0 Å². The topological polar surface area (TPSA) is 98.5 Å². The normalized spacial score (nSPS) is 12.8. The zero-order chi connectivity index (χ0) is 20.1. The van der Waals surface area contributed by atoms with Crippen LogP contribution in [0.1, 0.15) is 30.9 Å². The maximum atomic E-state index is 13.2. The Morgan fingerprint density at radius 2 is 2.11 bits per heavy atom. The summed E-state index contributed by atoms with van der Waals surface area (Å²) in [5, 5.41) is 6.89. The largest absolute Gasteiger partial charge is 0.493 e. The molecule has 4 rings (SSSR count). The quantitative estimate of drug-likeness (QED) is 0.658. The van der Waals surface area contributed by atoms with Gasteiger partial charge in [-0.05, 0) is 54.3 Å². The molecule has 1 N–H and O–H groups in total. The number of ether oxygens (including phenoxy) is 1. The Morgan fingerprint density at radius 3 is 2.86 bits per heavy atom. The molecule has 1 aliphatic heterocycles. The van der Waals surface area contributed by atoms with Crippen LogP contribution in [0.4, 0.5) is 0 Å². The molecule has 0 saturated carbocycles. The highest BCUT2D eigenvalue weighted by atomic mass is 32.2. The molecule has 148 valence electrons. The number of aryl methyl sites for hydroxylation is 1. The summed E-state index contributed by atoms with van der Waals surface area (Å²) >= 11 is 0. The van der Waals surface area contributed by atoms with Crippen molar-refractivity contribution in [3.8, 4) is 5.75 Å². The fourth-order valence-corrected chi connectivity index (χ4v) is 4.71. The van der Waals surface area contributed by atoms with Crippen LogP contribution in [0.15, 0.2) is 47.6 Å². The minimum absolute atomic E-state index is 0.250. The number of hydrogen-bond donors (Lipinski definition) is 1. The number of carboxylic acid groups (broad SMARTS) is 1. The maximum absolute atomic E-state index is 13.2. The molecule has 2 aromatic heterocycles. The molecule has 3 aromatic rings. The molecule has 0 atom stereocenters. The van der Waals surface area contributed by atoms with Crippen molar-refractivity contribution in [1.29, 1.82) is 0 Å². The SMILES string of the molecule is CCCCc1cn(S(=O)(=O)c2ccc3c(c2)CCO3)c2cccnc12.O=CO. The molecule has 0 aliphatic carbocycles. The van der Waals surface area contributed by atoms with Crippen LogP contribution < -0.4 is 4.74 Å². The van der Waals surface area contributed by atoms with Gasteiger partial charge >= 0.3 is 0 Å². The van der Waals surface area contributed by atoms with E-state index in [2.05, 4.69) is 11.9 Å². The van der Waals surface area contributed by atoms with Crippen molar-refractivity contribution in [3.05, 3.63) is 53.9 Å². The number of carbonyl (C=O) groups is 1. The first-order valence-electron chi connectivity index (χ1n) is 9.07. The van der Waals surface area contributed by atoms with Crippen LogP contribution in [-0.2, 0) is 27.7 Å². The summed E-state index contributed by atoms with van der Waals surface area (Å²) in [6.07, 6.45) is 7.07. The van der Waals surface area contributed by atoms with Gasteiger partial charge in [-0.25, -0.2) is 12.4 Å². The molecule has 3 heterocycles. The van der Waals surface area contributed by atoms with Crippen molar-refractivity contribution < 1.29 is 23.1 Å². The molecule has 1 aromatic carbocycles. The van der Waals surface area contributed by atoms with Gasteiger partial charge in [0.25, 0.3) is 16.5 Å². The lowest BCUT2D eigenvalue weighted by atomic mass is 10.1. The van der Waals surface area contributed by atoms with E-state index in [1.165, 1.54) is 3.97 Å². The van der Waals surface area contributed by atoms with Crippen molar-refractivity contribution in [2.24, 2.45) is 0 Å². The Balaban J connectivity index is 0.000000706. The summed E-state index contributed by atoms with van der Waals surface area (Å²) < 4.78 is 33.3. The van der Waals surface area contributed by atoms with Crippen LogP contribution in [0.5, 0.6) is 5.75 Å². The van der Waals surface area contributed by atoms with Crippen LogP contribution in [0, 0.1) is 0 Å². The van der Waals surface area contributed by atoms with Crippen molar-refractivity contribution in [2.75, 3.05) is 6.61 Å². The van der Waals surface area contributed by atoms with Crippen LogP contribution in [0.3, 0.4) is 0 Å². The van der Waals surface area contributed by atoms with E-state index in [1.54, 1.807) is 36.7 Å². The van der Waals surface area contributed by atoms with Gasteiger partial charge < -0.3 is 9.84 Å². The standard InChI is InChI=1S/C19H20N2O3S.CH2O2/c1-2-3-5-15-13-21(17-6-4-10-20-19(15)17)25(22,23)16-7-8-18-14(12-16)9-11-24-18;2-1-3/h4,6-8,10,12-13H,2-3,5,9,11H2,1H3;1H,(H,2,3). The molecule has 7 nitrogen and oxygen atoms in total. The first-order chi connectivity index (χ1) is 13.5. The van der Waals surface area contributed by atoms with E-state index >= 15 is 0 Å². The highest BCUT2D eigenvalue weighted by Crippen LogP contribution is 2.30. The van der Waals surface area contributed by atoms with E-state index in [4.69, 9.17) is 14.6 Å². The molecule has 28 heavy (non-hydrogen) atoms. The minimum Gasteiger partial charge on any atom is -0.493 e. The Hall–Kier alpha value is -2.87. The average Bonchev–Trinajstić information content (AvgIpc) is 3.31. The van der Waals surface area contributed by atoms with Crippen LogP contribution in [-0.4, -0.2) is 35.6 Å². The predicted octanol–water partition coefficient (Wildman–Crippen LogP) is 3.25. The Morgan fingerprint density at radius 1 is 1.32 bits per heavy atom. The molecule has 0 bridgehead atoms. The zero-order valence-corrected chi connectivity index (χ0v) is 16.4. The lowest BCUT2D eigenvalue weighted by molar-refractivity contribution is -0.122. The monoisotopic (exact) mass is 402 g/mol. The number of unbranched alkanes of at least 4 members (excludes halogenated alkanes) is 1. The second-order valence-electron chi connectivity index (χ2n) is 6.40. The fraction of sp³-hybridized carbons (Fsp3) is 0.300. The molecule has 0 unspecified atom stereocenters. The number of hydrogen-bond acceptors (Lipinski definition) is 5. The third-order valence-electron chi connectivity index (χ3n) is 4.62. The van der Waals surface area contributed by atoms with E-state index in [-0.39, 0.29) is 6.47 Å². The fourth-order valence-electron chi connectivity index (χ4n) is 3.28. The number of aromatic nitrogens is 2. The first-order valence-corrected chi connectivity index (χ1v) is 10.5. The third kappa shape index (κ3) is 3.73. The average molecular weight is 402 g/mol. The van der Waals surface area contributed by atoms with E-state index in [9.17, 15) is 8.42 Å². The van der Waals surface area contributed by atoms with E-state index in [0.29, 0.717) is 17.0 Å². The minimum atomic E-state index is -3.67. The molecule has 1 aliphatic rings. The van der Waals surface area contributed by atoms with Crippen LogP contribution in [0.25, 0.3) is 11.0 Å². The number of benzene rings is 1. The van der Waals surface area contributed by atoms with E-state index < -0.39 is 10.0 Å². The highest BCUT2D eigenvalue weighted by molar-refractivity contribution is 7.90. The van der Waals surface area contributed by atoms with Crippen molar-refractivity contribution in [3.63, 3.8) is 0 Å². The van der Waals surface area contributed by atoms with E-state index in [1.807, 2.05) is 6.07 Å². The number of nitrogens with zero attached hydrogens (tertiary/aromatic N) is 2. The van der Waals surface area contributed by atoms with Gasteiger partial charge in [0.15, 0.2) is 0 Å². The summed E-state index contributed by atoms with van der Waals surface area (Å²) in [6.45, 7) is 2.48. The Bertz CT molecular complexity index is 1090. The van der Waals surface area contributed by atoms with Crippen molar-refractivity contribution in [2.45, 2.75) is 37.5 Å². The molecule has 0 saturated heterocycles. The van der Waals surface area contributed by atoms with Gasteiger partial charge in [-0.1, -0.05) is 13.3 Å². The molecular weight excluding hydrogens is 380 g/mol. The Labute approximate surface area is 163 Å². The smallest absolute Gasteiger partial charge is 0.290 e. The van der Waals surface area contributed by atoms with Crippen molar-refractivity contribution in [1.82, 2.24) is 8.96 Å². The molecule has 0 amide bonds. The molecular formula is C20H22N2O5S. The lowest BCUT2D eigenvalue weighted by Gasteiger charge is -2.08. The summed E-state index contributed by atoms with van der Waals surface area (Å²) in [7, 11) is -3.67. The zero-order valence-electron chi connectivity index (χ0n) is 15.5. The number of fused-ring (bicyclic) bond motifs is 2. The summed E-state index contributed by atoms with van der Waals surface area (Å²) in [6, 6.07) is 8.68. The van der Waals surface area contributed by atoms with Gasteiger partial charge in [0, 0.05) is 18.8 Å². The van der Waals surface area contributed by atoms with Gasteiger partial charge in [-0.2, -0.15) is 0 Å². The molecule has 0 spiro atoms. The second kappa shape index (κ2) is 8.43. The first kappa shape index (κ1) is 19.9. The number of rotatable bonds is 5. The summed E-state index contributed by atoms with van der Waals surface area (Å²) in [5.41, 5.74) is 3.32. The van der Waals surface area contributed by atoms with Gasteiger partial charge in [0.1, 0.15) is 5.75 Å². The van der Waals surface area contributed by atoms with Gasteiger partial charge in [-0.3, -0.25) is 9.78 Å². The van der Waals surface area contributed by atoms with Gasteiger partial charge in [0.2, 0.25) is 0 Å². The van der Waals surface area contributed by atoms with E-state index in [0.717, 1.165) is 48.1 Å². The lowest BCUT2D eigenvalue weighted by Crippen LogP contribution is -2.12. The van der Waals surface area contributed by atoms with Crippen molar-refractivity contribution >= 4 is 27.5 Å². The van der Waals surface area contributed by atoms with Crippen LogP contribution >= 0.6 is 0 Å². The second-order valence-corrected chi connectivity index (χ2v) is 8.22. The number of pyridine rings is 1. The molecule has 8 heteroatoms. The maximum Gasteiger partial charge on any atom is 0.290 e. The highest BCUT2D eigenvalue weighted by Gasteiger charge is 2.24. The third-order valence-corrected chi connectivity index (χ3v) is 6.29. The summed E-state index contributed by atoms with van der Waals surface area (Å²) in [4.78, 5) is 13.1. The summed E-state index contributed by atoms with van der Waals surface area (Å²) in [5.74, 6) is 0.779. The molecule has 0 fully saturated rings.